The van der Waals surface area contributed by atoms with Crippen molar-refractivity contribution in [3.05, 3.63) is 185 Å². The fraction of sp³-hybridized carbons (Fsp3) is 0.476. The third-order valence-electron chi connectivity index (χ3n) is 21.2. The number of nitrogens with zero attached hydrogens (tertiary/aromatic N) is 16. The van der Waals surface area contributed by atoms with Crippen LogP contribution in [0.5, 0.6) is 0 Å². The monoisotopic (exact) mass is 1500 g/mol. The van der Waals surface area contributed by atoms with Crippen LogP contribution < -0.4 is 24.5 Å². The van der Waals surface area contributed by atoms with Crippen LogP contribution in [0.3, 0.4) is 0 Å². The van der Waals surface area contributed by atoms with Gasteiger partial charge in [0, 0.05) is 186 Å². The number of para-hydroxylation sites is 5. The fourth-order valence-electron chi connectivity index (χ4n) is 15.3. The molecular formula is C84H105FN16O9. The molecule has 582 valence electrons. The van der Waals surface area contributed by atoms with Gasteiger partial charge in [0.25, 0.3) is 0 Å². The minimum Gasteiger partial charge on any atom is -0.387 e. The van der Waals surface area contributed by atoms with Crippen LogP contribution in [-0.2, 0) is 43.3 Å². The summed E-state index contributed by atoms with van der Waals surface area (Å²) >= 11 is 0. The molecule has 25 nitrogen and oxygen atoms in total. The van der Waals surface area contributed by atoms with Gasteiger partial charge in [-0.1, -0.05) is 128 Å². The maximum Gasteiger partial charge on any atom is 0.162 e. The summed E-state index contributed by atoms with van der Waals surface area (Å²) in [5.41, 5.74) is 19.7. The lowest BCUT2D eigenvalue weighted by Crippen LogP contribution is -2.44. The quantitative estimate of drug-likeness (QED) is 0.111. The lowest BCUT2D eigenvalue weighted by atomic mass is 10.0. The van der Waals surface area contributed by atoms with E-state index in [9.17, 15) is 9.18 Å². The lowest BCUT2D eigenvalue weighted by molar-refractivity contribution is -0.119. The van der Waals surface area contributed by atoms with Crippen molar-refractivity contribution in [3.8, 4) is 5.69 Å². The average molecular weight is 1500 g/mol. The zero-order valence-corrected chi connectivity index (χ0v) is 64.6. The second-order valence-electron chi connectivity index (χ2n) is 29.5. The van der Waals surface area contributed by atoms with E-state index in [2.05, 4.69) is 168 Å². The number of aromatic nitrogens is 4. The van der Waals surface area contributed by atoms with Crippen molar-refractivity contribution in [1.29, 1.82) is 0 Å². The van der Waals surface area contributed by atoms with Crippen molar-refractivity contribution in [2.75, 3.05) is 137 Å². The minimum absolute atomic E-state index is 0.0221. The topological polar surface area (TPSA) is 228 Å². The molecule has 6 atom stereocenters. The molecule has 18 rings (SSSR count). The first-order chi connectivity index (χ1) is 53.8. The molecule has 110 heavy (non-hydrogen) atoms. The van der Waals surface area contributed by atoms with Gasteiger partial charge in [-0.2, -0.15) is 0 Å². The third kappa shape index (κ3) is 20.4. The maximum absolute atomic E-state index is 14.2. The Labute approximate surface area is 645 Å². The second-order valence-corrected chi connectivity index (χ2v) is 29.5. The normalized spacial score (nSPS) is 22.9. The number of ketones is 1. The van der Waals surface area contributed by atoms with Crippen LogP contribution in [0.2, 0.25) is 0 Å². The number of rotatable bonds is 12. The molecule has 12 heterocycles. The van der Waals surface area contributed by atoms with Gasteiger partial charge >= 0.3 is 0 Å². The zero-order valence-electron chi connectivity index (χ0n) is 64.6. The Kier molecular flexibility index (Phi) is 27.1. The van der Waals surface area contributed by atoms with Gasteiger partial charge in [-0.15, -0.1) is 5.10 Å². The molecule has 1 aromatic heterocycles. The second kappa shape index (κ2) is 38.4. The van der Waals surface area contributed by atoms with E-state index in [1.165, 1.54) is 83.4 Å². The van der Waals surface area contributed by atoms with Gasteiger partial charge in [0.1, 0.15) is 17.9 Å². The standard InChI is InChI=1S/C15H21N3O.C15H18N2O2.C15H20N2O.C14H17FN2O2.C14H18N2O2.C11H11N5O/c1-12-11-15(19-16-12)13-5-3-4-6-14(13)18-9-7-17(2)8-10-18;1-11-10-15(19-16-11)13-4-2-3-5-14(13)17-8-6-12(18)7-9-17;1-12-11-15(18-16-12)13-7-3-4-8-14(13)17-9-5-2-6-10-17;1-10-9-13(19-16-10)14-11(15)3-2-4-12(14)17-5-7-18-8-6-17;1-11-10-14(18-15-11)12-4-2-3-5-13(12)16-6-8-17-9-7-16;1-8-6-11(17-13-8)9-4-2-3-5-10(9)16-7-12-14-15-16/h3-6,15H,7-11H2,1-2H3;2-5,15H,6-10H2,1H3;3-4,7-8,15H,2,5-6,9-11H2,1H3;2-4,13H,5-9H2,1H3;2-5,14H,6-10H2,1H3;2-5,7,11H,6H2,1H3/t3*15-;13-;14-;11-/m111111/s1. The summed E-state index contributed by atoms with van der Waals surface area (Å²) in [6.45, 7) is 26.7. The summed E-state index contributed by atoms with van der Waals surface area (Å²) in [6, 6.07) is 47.0. The molecule has 0 amide bonds. The fourth-order valence-corrected chi connectivity index (χ4v) is 15.3. The maximum atomic E-state index is 14.2. The van der Waals surface area contributed by atoms with Crippen molar-refractivity contribution in [3.63, 3.8) is 0 Å². The molecule has 6 aromatic carbocycles. The van der Waals surface area contributed by atoms with Crippen molar-refractivity contribution in [2.45, 2.75) is 149 Å². The van der Waals surface area contributed by atoms with Crippen molar-refractivity contribution >= 4 is 68.5 Å². The predicted octanol–water partition coefficient (Wildman–Crippen LogP) is 14.8. The Morgan fingerprint density at radius 3 is 1.03 bits per heavy atom. The zero-order chi connectivity index (χ0) is 76.1. The average Bonchev–Trinajstić information content (AvgIpc) is 1.45. The lowest BCUT2D eigenvalue weighted by Gasteiger charge is -2.35. The highest BCUT2D eigenvalue weighted by molar-refractivity contribution is 5.86. The number of hydrogen-bond acceptors (Lipinski definition) is 24. The summed E-state index contributed by atoms with van der Waals surface area (Å²) in [7, 11) is 2.18. The number of carbonyl (C=O) groups excluding carboxylic acids is 1. The van der Waals surface area contributed by atoms with Crippen LogP contribution >= 0.6 is 0 Å². The number of hydrogen-bond donors (Lipinski definition) is 0. The highest BCUT2D eigenvalue weighted by atomic mass is 19.1. The molecule has 0 unspecified atom stereocenters. The van der Waals surface area contributed by atoms with Crippen LogP contribution in [0.1, 0.15) is 182 Å². The van der Waals surface area contributed by atoms with Gasteiger partial charge < -0.3 is 67.9 Å². The van der Waals surface area contributed by atoms with Crippen molar-refractivity contribution in [2.24, 2.45) is 30.9 Å². The Hall–Kier alpha value is -10.3. The first-order valence-electron chi connectivity index (χ1n) is 39.0. The third-order valence-corrected chi connectivity index (χ3v) is 21.2. The van der Waals surface area contributed by atoms with E-state index < -0.39 is 0 Å². The number of ether oxygens (including phenoxy) is 2. The SMILES string of the molecule is CC1=NO[C@@H](c2c(F)cccc2N2CCOCC2)C1.CC1=NO[C@@H](c2ccccc2-n2cnnn2)C1.CC1=NO[C@@H](c2ccccc2N2CCC(=O)CC2)C1.CC1=NO[C@@H](c2ccccc2N2CCCCC2)C1.CC1=NO[C@@H](c2ccccc2N2CCN(C)CC2)C1.CC1=NO[C@@H](c2ccccc2N2CCOCC2)C1. The van der Waals surface area contributed by atoms with Crippen molar-refractivity contribution < 1.29 is 47.7 Å². The number of piperidine rings is 2. The van der Waals surface area contributed by atoms with E-state index in [0.717, 1.165) is 162 Å². The largest absolute Gasteiger partial charge is 0.387 e. The number of likely N-dealkylation sites (N-methyl/N-ethyl adjacent to an activating group) is 1. The van der Waals surface area contributed by atoms with E-state index in [-0.39, 0.29) is 42.4 Å². The number of halogens is 1. The van der Waals surface area contributed by atoms with Gasteiger partial charge in [0.2, 0.25) is 0 Å². The molecule has 5 fully saturated rings. The first-order valence-corrected chi connectivity index (χ1v) is 39.0. The molecular weight excluding hydrogens is 1400 g/mol. The van der Waals surface area contributed by atoms with Crippen molar-refractivity contribution in [1.82, 2.24) is 25.1 Å². The van der Waals surface area contributed by atoms with Crippen LogP contribution in [0.4, 0.5) is 32.8 Å². The number of carbonyl (C=O) groups is 1. The summed E-state index contributed by atoms with van der Waals surface area (Å²) in [6.07, 6.45) is 11.8. The Bertz CT molecular complexity index is 4240. The van der Waals surface area contributed by atoms with E-state index in [4.69, 9.17) is 38.5 Å². The number of oxime groups is 6. The summed E-state index contributed by atoms with van der Waals surface area (Å²) in [5, 5.41) is 35.3. The highest BCUT2D eigenvalue weighted by Crippen LogP contribution is 2.41. The molecule has 7 aromatic rings. The van der Waals surface area contributed by atoms with Gasteiger partial charge in [0.05, 0.1) is 71.9 Å². The Morgan fingerprint density at radius 2 is 0.664 bits per heavy atom. The Morgan fingerprint density at radius 1 is 0.345 bits per heavy atom. The van der Waals surface area contributed by atoms with Crippen LogP contribution in [0, 0.1) is 5.82 Å². The first kappa shape index (κ1) is 77.8. The molecule has 11 aliphatic heterocycles. The number of tetrazole rings is 1. The van der Waals surface area contributed by atoms with Crippen LogP contribution in [0.25, 0.3) is 5.69 Å². The number of Topliss-reactive ketones (excluding diaryl/α,β-unsaturated/α-hetero) is 1. The number of benzene rings is 6. The number of anilines is 5. The van der Waals surface area contributed by atoms with Gasteiger partial charge in [-0.05, 0) is 121 Å². The molecule has 0 N–H and O–H groups in total. The summed E-state index contributed by atoms with van der Waals surface area (Å²) in [5.74, 6) is 0.143. The molecule has 5 saturated heterocycles. The molecule has 0 bridgehead atoms. The van der Waals surface area contributed by atoms with E-state index in [0.29, 0.717) is 43.8 Å². The minimum atomic E-state index is -0.306. The number of piperazine rings is 1. The molecule has 0 radical (unpaired) electrons. The van der Waals surface area contributed by atoms with E-state index in [1.807, 2.05) is 84.0 Å². The predicted molar refractivity (Wildman–Crippen MR) is 429 cm³/mol. The molecule has 0 saturated carbocycles. The highest BCUT2D eigenvalue weighted by Gasteiger charge is 2.33. The summed E-state index contributed by atoms with van der Waals surface area (Å²) < 4.78 is 26.6. The van der Waals surface area contributed by atoms with Gasteiger partial charge in [-0.3, -0.25) is 4.79 Å². The number of morpholine rings is 2. The Balaban J connectivity index is 0.000000116. The van der Waals surface area contributed by atoms with Gasteiger partial charge in [-0.25, -0.2) is 9.07 Å². The molecule has 11 aliphatic rings. The summed E-state index contributed by atoms with van der Waals surface area (Å²) in [4.78, 5) is 58.4. The molecule has 0 spiro atoms. The molecule has 26 heteroatoms. The van der Waals surface area contributed by atoms with E-state index >= 15 is 0 Å². The molecule has 0 aliphatic carbocycles. The van der Waals surface area contributed by atoms with Crippen LogP contribution in [0.15, 0.2) is 177 Å². The van der Waals surface area contributed by atoms with Gasteiger partial charge in [0.15, 0.2) is 36.6 Å². The van der Waals surface area contributed by atoms with E-state index in [1.54, 1.807) is 17.1 Å². The van der Waals surface area contributed by atoms with Crippen LogP contribution in [-0.4, -0.2) is 177 Å². The smallest absolute Gasteiger partial charge is 0.162 e.